The number of hydrogen-bond acceptors (Lipinski definition) is 6. The minimum Gasteiger partial charge on any atom is -0.368 e. The maximum atomic E-state index is 14.9. The summed E-state index contributed by atoms with van der Waals surface area (Å²) in [6.45, 7) is 2.06. The summed E-state index contributed by atoms with van der Waals surface area (Å²) in [6, 6.07) is 1.75. The fourth-order valence-corrected chi connectivity index (χ4v) is 4.34. The molecule has 4 atom stereocenters. The molecule has 1 saturated heterocycles. The van der Waals surface area contributed by atoms with E-state index in [2.05, 4.69) is 10.3 Å². The van der Waals surface area contributed by atoms with Gasteiger partial charge in [-0.2, -0.15) is 13.2 Å². The number of nitrogens with zero attached hydrogens (tertiary/aromatic N) is 2. The predicted molar refractivity (Wildman–Crippen MR) is 121 cm³/mol. The van der Waals surface area contributed by atoms with Gasteiger partial charge in [0, 0.05) is 36.5 Å². The fraction of sp³-hybridized carbons (Fsp3) is 0.417. The molecule has 0 bridgehead atoms. The van der Waals surface area contributed by atoms with Crippen molar-refractivity contribution in [2.45, 2.75) is 50.2 Å². The van der Waals surface area contributed by atoms with Crippen LogP contribution >= 0.6 is 0 Å². The average Bonchev–Trinajstić information content (AvgIpc) is 3.70. The Bertz CT molecular complexity index is 1240. The zero-order chi connectivity index (χ0) is 26.6. The van der Waals surface area contributed by atoms with Gasteiger partial charge in [0.05, 0.1) is 5.57 Å². The van der Waals surface area contributed by atoms with Gasteiger partial charge in [0.1, 0.15) is 41.4 Å². The van der Waals surface area contributed by atoms with Gasteiger partial charge in [0.25, 0.3) is 5.91 Å². The molecule has 1 aromatic heterocycles. The topological polar surface area (TPSA) is 95.8 Å². The maximum Gasteiger partial charge on any atom is 0.408 e. The van der Waals surface area contributed by atoms with Crippen molar-refractivity contribution in [2.75, 3.05) is 16.8 Å². The van der Waals surface area contributed by atoms with Crippen LogP contribution in [0.3, 0.4) is 0 Å². The molecule has 13 heteroatoms. The molecule has 0 spiro atoms. The summed E-state index contributed by atoms with van der Waals surface area (Å²) in [5, 5.41) is 5.00. The first-order valence-corrected chi connectivity index (χ1v) is 11.6. The van der Waals surface area contributed by atoms with Gasteiger partial charge in [0.15, 0.2) is 11.6 Å². The van der Waals surface area contributed by atoms with E-state index in [1.165, 1.54) is 0 Å². The number of carbonyl (C=O) groups excluding carboxylic acids is 1. The molecule has 2 aliphatic heterocycles. The number of anilines is 3. The Labute approximate surface area is 207 Å². The van der Waals surface area contributed by atoms with E-state index in [-0.39, 0.29) is 23.3 Å². The number of halogens is 6. The third kappa shape index (κ3) is 5.10. The summed E-state index contributed by atoms with van der Waals surface area (Å²) in [7, 11) is 0. The molecule has 7 nitrogen and oxygen atoms in total. The van der Waals surface area contributed by atoms with Crippen molar-refractivity contribution < 1.29 is 35.9 Å². The average molecular weight is 527 g/mol. The smallest absolute Gasteiger partial charge is 0.368 e. The van der Waals surface area contributed by atoms with Gasteiger partial charge >= 0.3 is 6.18 Å². The number of amides is 1. The van der Waals surface area contributed by atoms with Gasteiger partial charge in [-0.25, -0.2) is 18.2 Å². The van der Waals surface area contributed by atoms with E-state index >= 15 is 0 Å². The van der Waals surface area contributed by atoms with Crippen LogP contribution in [0.5, 0.6) is 0 Å². The Morgan fingerprint density at radius 3 is 2.46 bits per heavy atom. The van der Waals surface area contributed by atoms with Gasteiger partial charge < -0.3 is 21.1 Å². The summed E-state index contributed by atoms with van der Waals surface area (Å²) in [4.78, 5) is 18.4. The molecule has 3 aliphatic rings. The number of rotatable bonds is 7. The highest BCUT2D eigenvalue weighted by Gasteiger charge is 2.53. The first-order valence-electron chi connectivity index (χ1n) is 11.6. The van der Waals surface area contributed by atoms with Gasteiger partial charge in [-0.3, -0.25) is 9.69 Å². The van der Waals surface area contributed by atoms with Crippen molar-refractivity contribution in [3.8, 4) is 0 Å². The molecule has 3 heterocycles. The molecule has 2 unspecified atom stereocenters. The second-order valence-electron chi connectivity index (χ2n) is 9.45. The molecule has 0 radical (unpaired) electrons. The number of ether oxygens (including phenoxy) is 1. The Kier molecular flexibility index (Phi) is 6.31. The molecule has 5 rings (SSSR count). The molecule has 2 aromatic rings. The Morgan fingerprint density at radius 1 is 1.19 bits per heavy atom. The second-order valence-corrected chi connectivity index (χ2v) is 9.45. The monoisotopic (exact) mass is 527 g/mol. The van der Waals surface area contributed by atoms with E-state index in [4.69, 9.17) is 10.5 Å². The van der Waals surface area contributed by atoms with Gasteiger partial charge in [0.2, 0.25) is 0 Å². The molecule has 4 N–H and O–H groups in total. The van der Waals surface area contributed by atoms with Crippen molar-refractivity contribution in [2.24, 2.45) is 11.7 Å². The summed E-state index contributed by atoms with van der Waals surface area (Å²) in [6.07, 6.45) is -4.80. The zero-order valence-corrected chi connectivity index (χ0v) is 19.5. The van der Waals surface area contributed by atoms with Crippen LogP contribution in [-0.4, -0.2) is 41.8 Å². The van der Waals surface area contributed by atoms with Crippen LogP contribution in [0, 0.1) is 23.4 Å². The van der Waals surface area contributed by atoms with E-state index in [0.29, 0.717) is 37.1 Å². The van der Waals surface area contributed by atoms with Crippen LogP contribution in [-0.2, 0) is 9.53 Å². The lowest BCUT2D eigenvalue weighted by atomic mass is 10.1. The third-order valence-corrected chi connectivity index (χ3v) is 6.33. The largest absolute Gasteiger partial charge is 0.408 e. The molecule has 1 amide bonds. The van der Waals surface area contributed by atoms with Crippen LogP contribution in [0.1, 0.15) is 31.4 Å². The highest BCUT2D eigenvalue weighted by atomic mass is 19.4. The number of aromatic nitrogens is 1. The molecule has 2 fully saturated rings. The van der Waals surface area contributed by atoms with Crippen molar-refractivity contribution in [1.82, 2.24) is 10.3 Å². The number of hydrogen-bond donors (Lipinski definition) is 3. The van der Waals surface area contributed by atoms with E-state index < -0.39 is 59.4 Å². The van der Waals surface area contributed by atoms with Gasteiger partial charge in [-0.05, 0) is 37.8 Å². The van der Waals surface area contributed by atoms with E-state index in [0.717, 1.165) is 11.1 Å². The molecular weight excluding hydrogens is 504 g/mol. The Balaban J connectivity index is 1.59. The highest BCUT2D eigenvalue weighted by Crippen LogP contribution is 2.51. The number of benzene rings is 1. The summed E-state index contributed by atoms with van der Waals surface area (Å²) in [5.74, 6) is -5.34. The molecule has 1 saturated carbocycles. The van der Waals surface area contributed by atoms with Gasteiger partial charge in [-0.1, -0.05) is 0 Å². The summed E-state index contributed by atoms with van der Waals surface area (Å²) < 4.78 is 89.8. The maximum absolute atomic E-state index is 14.9. The first-order chi connectivity index (χ1) is 17.4. The van der Waals surface area contributed by atoms with Crippen LogP contribution < -0.4 is 21.3 Å². The molecule has 1 aliphatic carbocycles. The van der Waals surface area contributed by atoms with Crippen LogP contribution in [0.15, 0.2) is 36.0 Å². The van der Waals surface area contributed by atoms with Crippen molar-refractivity contribution in [3.63, 3.8) is 0 Å². The Morgan fingerprint density at radius 2 is 1.86 bits per heavy atom. The first kappa shape index (κ1) is 25.3. The van der Waals surface area contributed by atoms with Gasteiger partial charge in [-0.15, -0.1) is 0 Å². The normalized spacial score (nSPS) is 22.3. The van der Waals surface area contributed by atoms with Crippen LogP contribution in [0.4, 0.5) is 43.7 Å². The lowest BCUT2D eigenvalue weighted by Crippen LogP contribution is -2.48. The van der Waals surface area contributed by atoms with Crippen molar-refractivity contribution in [1.29, 1.82) is 0 Å². The quantitative estimate of drug-likeness (QED) is 0.369. The molecular formula is C24H23F6N5O2. The minimum absolute atomic E-state index is 0.0380. The molecule has 198 valence electrons. The summed E-state index contributed by atoms with van der Waals surface area (Å²) in [5.41, 5.74) is 5.08. The van der Waals surface area contributed by atoms with Crippen molar-refractivity contribution in [3.05, 3.63) is 59.1 Å². The number of epoxide rings is 1. The fourth-order valence-electron chi connectivity index (χ4n) is 4.34. The SMILES string of the molecule is C[C@@H](N)CNc1ccc2c(n1)N(c1c(F)cc(F)cc1F)C=C(C(=O)N[C@@H](C1CC1)C(F)(F)F)C1OC21. The predicted octanol–water partition coefficient (Wildman–Crippen LogP) is 4.19. The van der Waals surface area contributed by atoms with E-state index in [1.807, 2.05) is 5.32 Å². The van der Waals surface area contributed by atoms with Crippen LogP contribution in [0.2, 0.25) is 0 Å². The third-order valence-electron chi connectivity index (χ3n) is 6.33. The number of alkyl halides is 3. The molecule has 37 heavy (non-hydrogen) atoms. The van der Waals surface area contributed by atoms with Crippen LogP contribution in [0.25, 0.3) is 0 Å². The molecule has 1 aromatic carbocycles. The highest BCUT2D eigenvalue weighted by molar-refractivity contribution is 5.97. The van der Waals surface area contributed by atoms with E-state index in [1.54, 1.807) is 19.1 Å². The Hall–Kier alpha value is -3.32. The second kappa shape index (κ2) is 9.21. The number of pyridine rings is 1. The number of nitrogens with one attached hydrogen (secondary N) is 2. The van der Waals surface area contributed by atoms with Crippen molar-refractivity contribution >= 4 is 23.2 Å². The lowest BCUT2D eigenvalue weighted by molar-refractivity contribution is -0.164. The number of fused-ring (bicyclic) bond motifs is 3. The minimum atomic E-state index is -4.67. The number of carbonyl (C=O) groups is 1. The zero-order valence-electron chi connectivity index (χ0n) is 19.5. The van der Waals surface area contributed by atoms with E-state index in [9.17, 15) is 31.1 Å². The summed E-state index contributed by atoms with van der Waals surface area (Å²) >= 11 is 0. The number of nitrogens with two attached hydrogens (primary N) is 1. The lowest BCUT2D eigenvalue weighted by Gasteiger charge is -2.25. The standard InChI is InChI=1S/C24H23F6N5O2/c1-10(31)8-32-17-5-4-13-19-20(37-19)14(23(36)34-21(11-2-3-11)24(28,29)30)9-35(22(13)33-17)18-15(26)6-12(25)7-16(18)27/h4-7,9-11,19-21H,2-3,8,31H2,1H3,(H,32,33)(H,34,36)/t10-,19?,20?,21+/m1/s1.